The van der Waals surface area contributed by atoms with Gasteiger partial charge in [-0.05, 0) is 24.5 Å². The van der Waals surface area contributed by atoms with E-state index in [1.54, 1.807) is 12.3 Å². The molecule has 0 unspecified atom stereocenters. The number of carboxylic acid groups (broad SMARTS) is 1. The van der Waals surface area contributed by atoms with E-state index in [-0.39, 0.29) is 24.4 Å². The molecule has 128 valence electrons. The van der Waals surface area contributed by atoms with Crippen molar-refractivity contribution >= 4 is 28.5 Å². The fourth-order valence-electron chi connectivity index (χ4n) is 2.47. The molecule has 24 heavy (non-hydrogen) atoms. The molecule has 2 aromatic rings. The Morgan fingerprint density at radius 1 is 1.25 bits per heavy atom. The lowest BCUT2D eigenvalue weighted by molar-refractivity contribution is -0.384. The van der Waals surface area contributed by atoms with Gasteiger partial charge in [0.1, 0.15) is 0 Å². The smallest absolute Gasteiger partial charge is 0.303 e. The molecule has 0 bridgehead atoms. The van der Waals surface area contributed by atoms with E-state index in [1.165, 1.54) is 12.1 Å². The van der Waals surface area contributed by atoms with Gasteiger partial charge in [-0.15, -0.1) is 0 Å². The predicted molar refractivity (Wildman–Crippen MR) is 87.8 cm³/mol. The number of carbonyl (C=O) groups excluding carboxylic acids is 1. The third-order valence-electron chi connectivity index (χ3n) is 3.70. The van der Waals surface area contributed by atoms with Crippen molar-refractivity contribution in [1.29, 1.82) is 0 Å². The number of H-pyrrole nitrogens is 1. The Morgan fingerprint density at radius 3 is 2.75 bits per heavy atom. The first kappa shape index (κ1) is 17.5. The van der Waals surface area contributed by atoms with Crippen LogP contribution in [0.5, 0.6) is 0 Å². The lowest BCUT2D eigenvalue weighted by Crippen LogP contribution is -2.26. The summed E-state index contributed by atoms with van der Waals surface area (Å²) < 4.78 is 0. The van der Waals surface area contributed by atoms with Crippen molar-refractivity contribution in [1.82, 2.24) is 10.3 Å². The Balaban J connectivity index is 1.85. The van der Waals surface area contributed by atoms with Crippen LogP contribution in [0.15, 0.2) is 24.4 Å². The van der Waals surface area contributed by atoms with Crippen LogP contribution < -0.4 is 5.32 Å². The van der Waals surface area contributed by atoms with Crippen molar-refractivity contribution in [3.05, 3.63) is 40.1 Å². The normalized spacial score (nSPS) is 10.7. The summed E-state index contributed by atoms with van der Waals surface area (Å²) in [5, 5.41) is 22.8. The summed E-state index contributed by atoms with van der Waals surface area (Å²) in [6.07, 6.45) is 4.01. The number of benzene rings is 1. The molecule has 1 amide bonds. The highest BCUT2D eigenvalue weighted by atomic mass is 16.6. The van der Waals surface area contributed by atoms with E-state index in [4.69, 9.17) is 5.11 Å². The van der Waals surface area contributed by atoms with E-state index in [0.717, 1.165) is 18.4 Å². The number of aromatic amines is 1. The van der Waals surface area contributed by atoms with Gasteiger partial charge in [0.05, 0.1) is 11.3 Å². The first-order valence-electron chi connectivity index (χ1n) is 7.70. The van der Waals surface area contributed by atoms with Gasteiger partial charge in [0.2, 0.25) is 5.91 Å². The number of nitro groups is 1. The number of hydrogen-bond donors (Lipinski definition) is 3. The summed E-state index contributed by atoms with van der Waals surface area (Å²) in [5.41, 5.74) is 1.44. The molecule has 0 radical (unpaired) electrons. The molecule has 3 N–H and O–H groups in total. The average Bonchev–Trinajstić information content (AvgIpc) is 2.92. The molecule has 8 heteroatoms. The van der Waals surface area contributed by atoms with Gasteiger partial charge >= 0.3 is 5.97 Å². The van der Waals surface area contributed by atoms with Crippen LogP contribution in [0.25, 0.3) is 10.9 Å². The maximum Gasteiger partial charge on any atom is 0.303 e. The molecule has 0 aliphatic heterocycles. The Bertz CT molecular complexity index is 753. The molecule has 0 saturated carbocycles. The van der Waals surface area contributed by atoms with E-state index in [2.05, 4.69) is 10.3 Å². The number of carboxylic acids is 1. The number of carbonyl (C=O) groups is 2. The first-order chi connectivity index (χ1) is 11.5. The van der Waals surface area contributed by atoms with Crippen LogP contribution >= 0.6 is 0 Å². The minimum absolute atomic E-state index is 0.0119. The summed E-state index contributed by atoms with van der Waals surface area (Å²) >= 11 is 0. The number of nitro benzene ring substituents is 1. The van der Waals surface area contributed by atoms with Crippen LogP contribution in [-0.2, 0) is 16.0 Å². The van der Waals surface area contributed by atoms with Gasteiger partial charge in [-0.25, -0.2) is 0 Å². The van der Waals surface area contributed by atoms with Crippen molar-refractivity contribution < 1.29 is 19.6 Å². The lowest BCUT2D eigenvalue weighted by Gasteiger charge is -2.04. The zero-order chi connectivity index (χ0) is 17.5. The van der Waals surface area contributed by atoms with E-state index in [9.17, 15) is 19.7 Å². The highest BCUT2D eigenvalue weighted by Gasteiger charge is 2.12. The molecule has 0 aliphatic rings. The van der Waals surface area contributed by atoms with Crippen LogP contribution in [0.2, 0.25) is 0 Å². The molecular formula is C16H19N3O5. The van der Waals surface area contributed by atoms with Crippen molar-refractivity contribution in [2.45, 2.75) is 32.1 Å². The number of nitrogens with one attached hydrogen (secondary N) is 2. The lowest BCUT2D eigenvalue weighted by atomic mass is 10.1. The minimum Gasteiger partial charge on any atom is -0.481 e. The number of aliphatic carboxylic acids is 1. The Hall–Kier alpha value is -2.90. The molecule has 0 aliphatic carbocycles. The van der Waals surface area contributed by atoms with Crippen LogP contribution in [-0.4, -0.2) is 33.4 Å². The van der Waals surface area contributed by atoms with E-state index in [0.29, 0.717) is 23.9 Å². The van der Waals surface area contributed by atoms with Crippen LogP contribution in [0.3, 0.4) is 0 Å². The second-order valence-corrected chi connectivity index (χ2v) is 5.53. The summed E-state index contributed by atoms with van der Waals surface area (Å²) in [7, 11) is 0. The number of nitrogens with zero attached hydrogens (tertiary/aromatic N) is 1. The van der Waals surface area contributed by atoms with Crippen LogP contribution in [0.1, 0.15) is 31.2 Å². The van der Waals surface area contributed by atoms with Crippen molar-refractivity contribution in [2.24, 2.45) is 0 Å². The maximum absolute atomic E-state index is 12.0. The van der Waals surface area contributed by atoms with Gasteiger partial charge in [-0.2, -0.15) is 0 Å². The molecule has 0 atom stereocenters. The van der Waals surface area contributed by atoms with E-state index < -0.39 is 10.9 Å². The van der Waals surface area contributed by atoms with Crippen LogP contribution in [0.4, 0.5) is 5.69 Å². The average molecular weight is 333 g/mol. The van der Waals surface area contributed by atoms with Gasteiger partial charge in [0.15, 0.2) is 0 Å². The number of aromatic nitrogens is 1. The van der Waals surface area contributed by atoms with Crippen molar-refractivity contribution in [2.75, 3.05) is 6.54 Å². The molecule has 0 spiro atoms. The molecular weight excluding hydrogens is 314 g/mol. The zero-order valence-corrected chi connectivity index (χ0v) is 13.1. The van der Waals surface area contributed by atoms with Crippen molar-refractivity contribution in [3.63, 3.8) is 0 Å². The van der Waals surface area contributed by atoms with Gasteiger partial charge in [0, 0.05) is 42.2 Å². The minimum atomic E-state index is -0.813. The highest BCUT2D eigenvalue weighted by molar-refractivity contribution is 5.90. The topological polar surface area (TPSA) is 125 Å². The monoisotopic (exact) mass is 333 g/mol. The predicted octanol–water partition coefficient (Wildman–Crippen LogP) is 2.38. The molecule has 2 rings (SSSR count). The van der Waals surface area contributed by atoms with E-state index >= 15 is 0 Å². The van der Waals surface area contributed by atoms with Gasteiger partial charge in [-0.1, -0.05) is 6.42 Å². The molecule has 1 aromatic heterocycles. The van der Waals surface area contributed by atoms with Crippen LogP contribution in [0, 0.1) is 10.1 Å². The first-order valence-corrected chi connectivity index (χ1v) is 7.70. The fraction of sp³-hybridized carbons (Fsp3) is 0.375. The largest absolute Gasteiger partial charge is 0.481 e. The van der Waals surface area contributed by atoms with Crippen molar-refractivity contribution in [3.8, 4) is 0 Å². The molecule has 0 fully saturated rings. The third kappa shape index (κ3) is 4.80. The molecule has 1 heterocycles. The summed E-state index contributed by atoms with van der Waals surface area (Å²) in [6.45, 7) is 0.487. The second-order valence-electron chi connectivity index (χ2n) is 5.53. The molecule has 8 nitrogen and oxygen atoms in total. The van der Waals surface area contributed by atoms with Gasteiger partial charge in [0.25, 0.3) is 5.69 Å². The summed E-state index contributed by atoms with van der Waals surface area (Å²) in [6, 6.07) is 4.50. The van der Waals surface area contributed by atoms with Gasteiger partial charge in [-0.3, -0.25) is 19.7 Å². The number of hydrogen-bond acceptors (Lipinski definition) is 4. The quantitative estimate of drug-likeness (QED) is 0.369. The van der Waals surface area contributed by atoms with E-state index in [1.807, 2.05) is 0 Å². The van der Waals surface area contributed by atoms with Gasteiger partial charge < -0.3 is 15.4 Å². The fourth-order valence-corrected chi connectivity index (χ4v) is 2.47. The summed E-state index contributed by atoms with van der Waals surface area (Å²) in [5.74, 6) is -0.979. The highest BCUT2D eigenvalue weighted by Crippen LogP contribution is 2.23. The number of rotatable bonds is 9. The number of unbranched alkanes of at least 4 members (excludes halogenated alkanes) is 2. The number of fused-ring (bicyclic) bond motifs is 1. The third-order valence-corrected chi connectivity index (χ3v) is 3.70. The maximum atomic E-state index is 12.0. The Morgan fingerprint density at radius 2 is 2.04 bits per heavy atom. The molecule has 1 aromatic carbocycles. The zero-order valence-electron chi connectivity index (χ0n) is 13.1. The SMILES string of the molecule is O=C(O)CCCCCNC(=O)Cc1c[nH]c2ccc([N+](=O)[O-])cc12. The standard InChI is InChI=1S/C16H19N3O5/c20-15(17-7-3-1-2-4-16(21)22)8-11-10-18-14-6-5-12(19(23)24)9-13(11)14/h5-6,9-10,18H,1-4,7-8H2,(H,17,20)(H,21,22). The number of non-ortho nitro benzene ring substituents is 1. The molecule has 0 saturated heterocycles. The Labute approximate surface area is 138 Å². The Kier molecular flexibility index (Phi) is 5.89. The number of amides is 1. The summed E-state index contributed by atoms with van der Waals surface area (Å²) in [4.78, 5) is 35.7. The second kappa shape index (κ2) is 8.09.